The first kappa shape index (κ1) is 14.4. The van der Waals surface area contributed by atoms with Gasteiger partial charge in [0.15, 0.2) is 0 Å². The summed E-state index contributed by atoms with van der Waals surface area (Å²) in [7, 11) is 0. The Labute approximate surface area is 107 Å². The van der Waals surface area contributed by atoms with E-state index in [4.69, 9.17) is 4.74 Å². The summed E-state index contributed by atoms with van der Waals surface area (Å²) in [6.07, 6.45) is 1.62. The van der Waals surface area contributed by atoms with Crippen LogP contribution < -0.4 is 5.32 Å². The highest BCUT2D eigenvalue weighted by Gasteiger charge is 2.19. The number of rotatable bonds is 4. The zero-order valence-corrected chi connectivity index (χ0v) is 11.0. The lowest BCUT2D eigenvalue weighted by Crippen LogP contribution is -2.42. The van der Waals surface area contributed by atoms with E-state index in [0.717, 1.165) is 5.69 Å². The molecule has 0 unspecified atom stereocenters. The minimum Gasteiger partial charge on any atom is -0.444 e. The smallest absolute Gasteiger partial charge is 0.407 e. The first-order valence-corrected chi connectivity index (χ1v) is 5.91. The predicted octanol–water partition coefficient (Wildman–Crippen LogP) is 1.51. The van der Waals surface area contributed by atoms with Gasteiger partial charge in [0.2, 0.25) is 0 Å². The average Bonchev–Trinajstić information content (AvgIpc) is 2.27. The molecule has 18 heavy (non-hydrogen) atoms. The third-order valence-corrected chi connectivity index (χ3v) is 2.12. The molecule has 0 aliphatic rings. The van der Waals surface area contributed by atoms with Crippen molar-refractivity contribution in [2.45, 2.75) is 38.8 Å². The molecule has 0 radical (unpaired) electrons. The van der Waals surface area contributed by atoms with Gasteiger partial charge < -0.3 is 15.2 Å². The summed E-state index contributed by atoms with van der Waals surface area (Å²) in [5.74, 6) is 0. The summed E-state index contributed by atoms with van der Waals surface area (Å²) in [4.78, 5) is 15.7. The molecule has 1 heterocycles. The largest absolute Gasteiger partial charge is 0.444 e. The molecule has 0 saturated heterocycles. The van der Waals surface area contributed by atoms with E-state index in [1.165, 1.54) is 0 Å². The van der Waals surface area contributed by atoms with Crippen LogP contribution in [0.4, 0.5) is 4.79 Å². The lowest BCUT2D eigenvalue weighted by atomic mass is 10.1. The normalized spacial score (nSPS) is 12.9. The lowest BCUT2D eigenvalue weighted by Gasteiger charge is -2.22. The van der Waals surface area contributed by atoms with Gasteiger partial charge in [0.25, 0.3) is 0 Å². The highest BCUT2D eigenvalue weighted by atomic mass is 16.6. The van der Waals surface area contributed by atoms with Gasteiger partial charge in [0.1, 0.15) is 5.60 Å². The molecule has 2 N–H and O–H groups in total. The highest BCUT2D eigenvalue weighted by molar-refractivity contribution is 5.68. The fourth-order valence-electron chi connectivity index (χ4n) is 1.41. The minimum atomic E-state index is -0.547. The Hall–Kier alpha value is -1.62. The molecule has 0 spiro atoms. The molecule has 0 saturated carbocycles. The number of aromatic nitrogens is 1. The minimum absolute atomic E-state index is 0.157. The van der Waals surface area contributed by atoms with Crippen LogP contribution in [0.3, 0.4) is 0 Å². The van der Waals surface area contributed by atoms with Crippen LogP contribution in [0.25, 0.3) is 0 Å². The van der Waals surface area contributed by atoms with Gasteiger partial charge in [0.05, 0.1) is 12.6 Å². The number of hydrogen-bond acceptors (Lipinski definition) is 4. The third-order valence-electron chi connectivity index (χ3n) is 2.12. The molecular formula is C13H20N2O3. The molecule has 1 aromatic heterocycles. The third kappa shape index (κ3) is 5.63. The Balaban J connectivity index is 2.50. The van der Waals surface area contributed by atoms with Gasteiger partial charge in [-0.3, -0.25) is 4.98 Å². The van der Waals surface area contributed by atoms with Crippen LogP contribution in [0.1, 0.15) is 26.5 Å². The predicted molar refractivity (Wildman–Crippen MR) is 68.2 cm³/mol. The van der Waals surface area contributed by atoms with Crippen molar-refractivity contribution in [3.63, 3.8) is 0 Å². The standard InChI is InChI=1S/C13H20N2O3/c1-13(2,3)18-12(17)15-11(9-16)8-10-6-4-5-7-14-10/h4-7,11,16H,8-9H2,1-3H3,(H,15,17)/t11-/m1/s1. The van der Waals surface area contributed by atoms with E-state index >= 15 is 0 Å². The fourth-order valence-corrected chi connectivity index (χ4v) is 1.41. The van der Waals surface area contributed by atoms with Gasteiger partial charge in [-0.2, -0.15) is 0 Å². The summed E-state index contributed by atoms with van der Waals surface area (Å²) in [6, 6.07) is 5.14. The number of carbonyl (C=O) groups is 1. The summed E-state index contributed by atoms with van der Waals surface area (Å²) in [5, 5.41) is 11.9. The van der Waals surface area contributed by atoms with Crippen molar-refractivity contribution in [1.29, 1.82) is 0 Å². The van der Waals surface area contributed by atoms with E-state index in [1.807, 2.05) is 18.2 Å². The quantitative estimate of drug-likeness (QED) is 0.852. The number of nitrogens with zero attached hydrogens (tertiary/aromatic N) is 1. The van der Waals surface area contributed by atoms with Crippen LogP contribution in [0.5, 0.6) is 0 Å². The second-order valence-corrected chi connectivity index (χ2v) is 5.05. The molecule has 100 valence electrons. The van der Waals surface area contributed by atoms with Gasteiger partial charge in [-0.25, -0.2) is 4.79 Å². The fraction of sp³-hybridized carbons (Fsp3) is 0.538. The van der Waals surface area contributed by atoms with Crippen molar-refractivity contribution >= 4 is 6.09 Å². The number of aliphatic hydroxyl groups excluding tert-OH is 1. The Morgan fingerprint density at radius 1 is 1.50 bits per heavy atom. The molecule has 5 nitrogen and oxygen atoms in total. The molecule has 0 aliphatic heterocycles. The summed E-state index contributed by atoms with van der Waals surface area (Å²) < 4.78 is 5.13. The number of hydrogen-bond donors (Lipinski definition) is 2. The molecule has 1 rings (SSSR count). The van der Waals surface area contributed by atoms with Crippen LogP contribution in [0.2, 0.25) is 0 Å². The number of alkyl carbamates (subject to hydrolysis) is 1. The molecule has 0 fully saturated rings. The van der Waals surface area contributed by atoms with E-state index in [1.54, 1.807) is 27.0 Å². The van der Waals surface area contributed by atoms with Gasteiger partial charge in [0, 0.05) is 18.3 Å². The monoisotopic (exact) mass is 252 g/mol. The molecule has 1 atom stereocenters. The SMILES string of the molecule is CC(C)(C)OC(=O)N[C@@H](CO)Cc1ccccn1. The maximum absolute atomic E-state index is 11.6. The number of aliphatic hydroxyl groups is 1. The van der Waals surface area contributed by atoms with E-state index in [-0.39, 0.29) is 6.61 Å². The molecule has 5 heteroatoms. The van der Waals surface area contributed by atoms with E-state index in [2.05, 4.69) is 10.3 Å². The summed E-state index contributed by atoms with van der Waals surface area (Å²) in [5.41, 5.74) is 0.266. The van der Waals surface area contributed by atoms with Crippen LogP contribution in [0, 0.1) is 0 Å². The zero-order valence-electron chi connectivity index (χ0n) is 11.0. The maximum atomic E-state index is 11.6. The first-order valence-electron chi connectivity index (χ1n) is 5.91. The van der Waals surface area contributed by atoms with Crippen molar-refractivity contribution in [1.82, 2.24) is 10.3 Å². The number of ether oxygens (including phenoxy) is 1. The first-order chi connectivity index (χ1) is 8.40. The lowest BCUT2D eigenvalue weighted by molar-refractivity contribution is 0.0482. The van der Waals surface area contributed by atoms with E-state index in [0.29, 0.717) is 6.42 Å². The number of pyridine rings is 1. The van der Waals surface area contributed by atoms with Crippen LogP contribution in [-0.2, 0) is 11.2 Å². The molecule has 0 aromatic carbocycles. The van der Waals surface area contributed by atoms with E-state index < -0.39 is 17.7 Å². The van der Waals surface area contributed by atoms with Gasteiger partial charge in [-0.15, -0.1) is 0 Å². The summed E-state index contributed by atoms with van der Waals surface area (Å²) in [6.45, 7) is 5.22. The Morgan fingerprint density at radius 2 is 2.22 bits per heavy atom. The average molecular weight is 252 g/mol. The highest BCUT2D eigenvalue weighted by Crippen LogP contribution is 2.07. The second-order valence-electron chi connectivity index (χ2n) is 5.05. The number of amides is 1. The van der Waals surface area contributed by atoms with Crippen molar-refractivity contribution in [2.75, 3.05) is 6.61 Å². The zero-order chi connectivity index (χ0) is 13.6. The van der Waals surface area contributed by atoms with Crippen molar-refractivity contribution in [3.05, 3.63) is 30.1 Å². The van der Waals surface area contributed by atoms with Gasteiger partial charge in [-0.05, 0) is 32.9 Å². The van der Waals surface area contributed by atoms with Crippen molar-refractivity contribution in [3.8, 4) is 0 Å². The number of nitrogens with one attached hydrogen (secondary N) is 1. The van der Waals surface area contributed by atoms with Crippen molar-refractivity contribution < 1.29 is 14.6 Å². The van der Waals surface area contributed by atoms with Gasteiger partial charge in [-0.1, -0.05) is 6.07 Å². The Morgan fingerprint density at radius 3 is 2.72 bits per heavy atom. The van der Waals surface area contributed by atoms with Crippen LogP contribution in [0.15, 0.2) is 24.4 Å². The molecule has 0 aliphatic carbocycles. The molecule has 0 bridgehead atoms. The van der Waals surface area contributed by atoms with Crippen molar-refractivity contribution in [2.24, 2.45) is 0 Å². The maximum Gasteiger partial charge on any atom is 0.407 e. The molecular weight excluding hydrogens is 232 g/mol. The molecule has 1 aromatic rings. The Kier molecular flexibility index (Phi) is 5.09. The summed E-state index contributed by atoms with van der Waals surface area (Å²) >= 11 is 0. The second kappa shape index (κ2) is 6.35. The topological polar surface area (TPSA) is 71.5 Å². The number of carbonyl (C=O) groups excluding carboxylic acids is 1. The molecule has 1 amide bonds. The van der Waals surface area contributed by atoms with Gasteiger partial charge >= 0.3 is 6.09 Å². The van der Waals surface area contributed by atoms with E-state index in [9.17, 15) is 9.90 Å². The van der Waals surface area contributed by atoms with Crippen LogP contribution >= 0.6 is 0 Å². The Bertz CT molecular complexity index is 374. The van der Waals surface area contributed by atoms with Crippen LogP contribution in [-0.4, -0.2) is 34.4 Å².